The zero-order chi connectivity index (χ0) is 31.5. The third-order valence-corrected chi connectivity index (χ3v) is 8.72. The van der Waals surface area contributed by atoms with E-state index in [9.17, 15) is 19.5 Å². The minimum absolute atomic E-state index is 0.142. The molecule has 0 saturated carbocycles. The molecule has 0 aliphatic carbocycles. The molecule has 45 heavy (non-hydrogen) atoms. The highest BCUT2D eigenvalue weighted by atomic mass is 16.7. The first-order valence-electron chi connectivity index (χ1n) is 15.3. The molecular formula is C32H37N5O8. The zero-order valence-corrected chi connectivity index (χ0v) is 25.7. The van der Waals surface area contributed by atoms with Gasteiger partial charge in [0.25, 0.3) is 5.56 Å². The molecule has 1 saturated heterocycles. The summed E-state index contributed by atoms with van der Waals surface area (Å²) >= 11 is 0. The smallest absolute Gasteiger partial charge is 0.410 e. The number of aliphatic hydroxyl groups is 1. The van der Waals surface area contributed by atoms with Crippen molar-refractivity contribution in [3.8, 4) is 22.9 Å². The number of esters is 1. The average Bonchev–Trinajstić information content (AvgIpc) is 3.61. The van der Waals surface area contributed by atoms with Crippen LogP contribution in [0.3, 0.4) is 0 Å². The van der Waals surface area contributed by atoms with Crippen molar-refractivity contribution < 1.29 is 33.6 Å². The molecule has 238 valence electrons. The number of ether oxygens (including phenoxy) is 4. The highest BCUT2D eigenvalue weighted by Crippen LogP contribution is 2.42. The van der Waals surface area contributed by atoms with E-state index < -0.39 is 17.7 Å². The van der Waals surface area contributed by atoms with Crippen LogP contribution in [-0.2, 0) is 34.0 Å². The fourth-order valence-electron chi connectivity index (χ4n) is 6.42. The number of rotatable bonds is 6. The van der Waals surface area contributed by atoms with Crippen molar-refractivity contribution in [2.75, 3.05) is 46.1 Å². The van der Waals surface area contributed by atoms with Crippen molar-refractivity contribution in [3.63, 3.8) is 0 Å². The highest BCUT2D eigenvalue weighted by molar-refractivity contribution is 5.91. The average molecular weight is 620 g/mol. The second kappa shape index (κ2) is 11.3. The van der Waals surface area contributed by atoms with Crippen LogP contribution in [0.25, 0.3) is 22.3 Å². The van der Waals surface area contributed by atoms with Gasteiger partial charge in [-0.25, -0.2) is 14.6 Å². The molecule has 3 aromatic rings. The summed E-state index contributed by atoms with van der Waals surface area (Å²) in [4.78, 5) is 47.0. The molecule has 13 heteroatoms. The number of hydrogen-bond donors (Lipinski definition) is 2. The Balaban J connectivity index is 1.08. The maximum Gasteiger partial charge on any atom is 0.410 e. The van der Waals surface area contributed by atoms with Crippen LogP contribution in [0.15, 0.2) is 23.0 Å². The largest absolute Gasteiger partial charge is 0.458 e. The standard InChI is InChI=1S/C32H37N5O8/c1-32(2,3)45-31(41)36-9-7-35(8-10-36)6-4-5-33-14-20-18-12-25-26(44-17-43-25)13-23(18)34-27-21(20)15-37-24(27)11-19-22(29(37)39)16-42-30(40)28(19)38/h11-13,28,33,38H,4-10,14-17H2,1-3H3/t28-/m0/s1. The van der Waals surface area contributed by atoms with Crippen LogP contribution in [0, 0.1) is 0 Å². The molecule has 0 unspecified atom stereocenters. The first-order valence-corrected chi connectivity index (χ1v) is 15.3. The van der Waals surface area contributed by atoms with Crippen LogP contribution in [0.4, 0.5) is 4.79 Å². The topological polar surface area (TPSA) is 145 Å². The first-order chi connectivity index (χ1) is 21.6. The normalized spacial score (nSPS) is 18.9. The second-order valence-corrected chi connectivity index (χ2v) is 12.8. The summed E-state index contributed by atoms with van der Waals surface area (Å²) in [6.07, 6.45) is -0.847. The number of carbonyl (C=O) groups excluding carboxylic acids is 2. The molecule has 0 spiro atoms. The predicted molar refractivity (Wildman–Crippen MR) is 162 cm³/mol. The maximum atomic E-state index is 13.5. The van der Waals surface area contributed by atoms with Gasteiger partial charge in [-0.15, -0.1) is 0 Å². The molecule has 4 aliphatic heterocycles. The van der Waals surface area contributed by atoms with E-state index in [4.69, 9.17) is 23.9 Å². The third kappa shape index (κ3) is 5.49. The molecule has 2 N–H and O–H groups in total. The Kier molecular flexibility index (Phi) is 7.41. The van der Waals surface area contributed by atoms with E-state index >= 15 is 0 Å². The van der Waals surface area contributed by atoms with Crippen LogP contribution < -0.4 is 20.3 Å². The number of fused-ring (bicyclic) bond motifs is 6. The molecule has 1 aromatic carbocycles. The Hall–Kier alpha value is -4.20. The van der Waals surface area contributed by atoms with Gasteiger partial charge >= 0.3 is 12.1 Å². The minimum Gasteiger partial charge on any atom is -0.458 e. The number of carbonyl (C=O) groups is 2. The van der Waals surface area contributed by atoms with Crippen LogP contribution in [0.1, 0.15) is 55.5 Å². The van der Waals surface area contributed by atoms with Crippen molar-refractivity contribution >= 4 is 23.0 Å². The summed E-state index contributed by atoms with van der Waals surface area (Å²) in [5, 5.41) is 15.0. The molecule has 13 nitrogen and oxygen atoms in total. The quantitative estimate of drug-likeness (QED) is 0.242. The number of pyridine rings is 2. The van der Waals surface area contributed by atoms with E-state index in [1.165, 1.54) is 0 Å². The van der Waals surface area contributed by atoms with E-state index in [0.29, 0.717) is 54.6 Å². The van der Waals surface area contributed by atoms with Gasteiger partial charge in [-0.2, -0.15) is 0 Å². The number of nitrogens with one attached hydrogen (secondary N) is 1. The van der Waals surface area contributed by atoms with Gasteiger partial charge in [-0.3, -0.25) is 9.69 Å². The van der Waals surface area contributed by atoms with Crippen molar-refractivity contribution in [1.82, 2.24) is 24.7 Å². The lowest BCUT2D eigenvalue weighted by molar-refractivity contribution is -0.157. The molecule has 6 heterocycles. The Morgan fingerprint density at radius 2 is 1.82 bits per heavy atom. The van der Waals surface area contributed by atoms with Crippen molar-refractivity contribution in [3.05, 3.63) is 50.8 Å². The molecule has 4 aliphatic rings. The molecule has 1 fully saturated rings. The van der Waals surface area contributed by atoms with Gasteiger partial charge in [0.05, 0.1) is 29.0 Å². The zero-order valence-electron chi connectivity index (χ0n) is 25.7. The van der Waals surface area contributed by atoms with Crippen LogP contribution >= 0.6 is 0 Å². The molecule has 1 atom stereocenters. The van der Waals surface area contributed by atoms with Crippen LogP contribution in [0.5, 0.6) is 11.5 Å². The van der Waals surface area contributed by atoms with E-state index in [0.717, 1.165) is 49.1 Å². The fourth-order valence-corrected chi connectivity index (χ4v) is 6.42. The monoisotopic (exact) mass is 619 g/mol. The van der Waals surface area contributed by atoms with Crippen LogP contribution in [0.2, 0.25) is 0 Å². The van der Waals surface area contributed by atoms with Gasteiger partial charge in [0.2, 0.25) is 6.79 Å². The maximum absolute atomic E-state index is 13.5. The summed E-state index contributed by atoms with van der Waals surface area (Å²) < 4.78 is 23.5. The Labute approximate surface area is 259 Å². The molecule has 1 amide bonds. The van der Waals surface area contributed by atoms with E-state index in [-0.39, 0.29) is 36.2 Å². The number of nitrogens with zero attached hydrogens (tertiary/aromatic N) is 4. The van der Waals surface area contributed by atoms with E-state index in [2.05, 4.69) is 10.2 Å². The van der Waals surface area contributed by atoms with Gasteiger partial charge < -0.3 is 38.8 Å². The Morgan fingerprint density at radius 3 is 2.58 bits per heavy atom. The van der Waals surface area contributed by atoms with Gasteiger partial charge in [0.1, 0.15) is 12.2 Å². The second-order valence-electron chi connectivity index (χ2n) is 12.8. The fraction of sp³-hybridized carbons (Fsp3) is 0.500. The number of hydrogen-bond acceptors (Lipinski definition) is 11. The molecule has 7 rings (SSSR count). The van der Waals surface area contributed by atoms with E-state index in [1.807, 2.05) is 32.9 Å². The number of aromatic nitrogens is 2. The SMILES string of the molecule is CC(C)(C)OC(=O)N1CCN(CCCNCc2c3c(nc4cc5c(cc24)OCO5)-c2cc4c(c(=O)n2C3)COC(=O)[C@H]4O)CC1. The molecular weight excluding hydrogens is 582 g/mol. The number of piperazine rings is 1. The van der Waals surface area contributed by atoms with Gasteiger partial charge in [-0.1, -0.05) is 0 Å². The lowest BCUT2D eigenvalue weighted by atomic mass is 9.98. The molecule has 0 bridgehead atoms. The van der Waals surface area contributed by atoms with Gasteiger partial charge in [0, 0.05) is 55.3 Å². The molecule has 0 radical (unpaired) electrons. The minimum atomic E-state index is -1.51. The number of amides is 1. The number of cyclic esters (lactones) is 1. The van der Waals surface area contributed by atoms with Gasteiger partial charge in [0.15, 0.2) is 17.6 Å². The van der Waals surface area contributed by atoms with Crippen molar-refractivity contribution in [2.24, 2.45) is 0 Å². The number of benzene rings is 1. The summed E-state index contributed by atoms with van der Waals surface area (Å²) in [5.41, 5.74) is 3.59. The Bertz CT molecular complexity index is 1760. The molecule has 2 aromatic heterocycles. The van der Waals surface area contributed by atoms with Crippen LogP contribution in [-0.4, -0.2) is 88.2 Å². The summed E-state index contributed by atoms with van der Waals surface area (Å²) in [5.74, 6) is 0.497. The highest BCUT2D eigenvalue weighted by Gasteiger charge is 2.35. The van der Waals surface area contributed by atoms with Crippen molar-refractivity contribution in [2.45, 2.75) is 58.6 Å². The van der Waals surface area contributed by atoms with Crippen molar-refractivity contribution in [1.29, 1.82) is 0 Å². The summed E-state index contributed by atoms with van der Waals surface area (Å²) in [7, 11) is 0. The summed E-state index contributed by atoms with van der Waals surface area (Å²) in [6.45, 7) is 11.0. The lowest BCUT2D eigenvalue weighted by Gasteiger charge is -2.35. The third-order valence-electron chi connectivity index (χ3n) is 8.72. The predicted octanol–water partition coefficient (Wildman–Crippen LogP) is 2.28. The van der Waals surface area contributed by atoms with Gasteiger partial charge in [-0.05, 0) is 58.0 Å². The summed E-state index contributed by atoms with van der Waals surface area (Å²) in [6, 6.07) is 5.49. The first kappa shape index (κ1) is 29.5. The number of aliphatic hydroxyl groups excluding tert-OH is 1. The van der Waals surface area contributed by atoms with E-state index in [1.54, 1.807) is 15.5 Å². The lowest BCUT2D eigenvalue weighted by Crippen LogP contribution is -2.50. The Morgan fingerprint density at radius 1 is 1.07 bits per heavy atom.